The molecule has 0 spiro atoms. The summed E-state index contributed by atoms with van der Waals surface area (Å²) in [6.45, 7) is 4.60. The van der Waals surface area contributed by atoms with Gasteiger partial charge in [0.25, 0.3) is 5.91 Å². The van der Waals surface area contributed by atoms with Gasteiger partial charge in [-0.1, -0.05) is 35.5 Å². The summed E-state index contributed by atoms with van der Waals surface area (Å²) < 4.78 is 22.5. The number of amides is 1. The van der Waals surface area contributed by atoms with Crippen LogP contribution in [-0.2, 0) is 25.1 Å². The van der Waals surface area contributed by atoms with E-state index in [1.54, 1.807) is 26.1 Å². The molecule has 2 aromatic rings. The molecule has 10 heteroatoms. The number of hydrogen-bond donors (Lipinski definition) is 3. The zero-order valence-electron chi connectivity index (χ0n) is 18.4. The van der Waals surface area contributed by atoms with Gasteiger partial charge in [-0.2, -0.15) is 0 Å². The Morgan fingerprint density at radius 2 is 1.72 bits per heavy atom. The lowest BCUT2D eigenvalue weighted by Crippen LogP contribution is -2.51. The van der Waals surface area contributed by atoms with E-state index in [2.05, 4.69) is 10.1 Å². The molecule has 1 amide bonds. The molecule has 172 valence electrons. The van der Waals surface area contributed by atoms with Crippen LogP contribution in [0.25, 0.3) is 11.1 Å². The third-order valence-corrected chi connectivity index (χ3v) is 7.68. The molecular formula is C22H27N3O6S. The number of hydroxylamine groups is 1. The summed E-state index contributed by atoms with van der Waals surface area (Å²) in [5.41, 5.74) is 4.28. The number of hydrogen-bond acceptors (Lipinski definition) is 8. The van der Waals surface area contributed by atoms with Gasteiger partial charge in [-0.25, -0.2) is 13.9 Å². The normalized spacial score (nSPS) is 18.4. The molecule has 0 radical (unpaired) electrons. The molecule has 0 fully saturated rings. The molecule has 1 aromatic heterocycles. The zero-order chi connectivity index (χ0) is 23.7. The van der Waals surface area contributed by atoms with E-state index in [0.717, 1.165) is 22.9 Å². The Labute approximate surface area is 187 Å². The topological polar surface area (TPSA) is 138 Å². The summed E-state index contributed by atoms with van der Waals surface area (Å²) in [4.78, 5) is 21.7. The Balaban J connectivity index is 1.71. The second-order valence-electron chi connectivity index (χ2n) is 8.69. The van der Waals surface area contributed by atoms with Gasteiger partial charge >= 0.3 is 0 Å². The number of pyridine rings is 1. The Morgan fingerprint density at radius 3 is 2.22 bits per heavy atom. The van der Waals surface area contributed by atoms with Crippen molar-refractivity contribution in [3.63, 3.8) is 0 Å². The molecule has 32 heavy (non-hydrogen) atoms. The minimum absolute atomic E-state index is 0.150. The van der Waals surface area contributed by atoms with Crippen molar-refractivity contribution >= 4 is 21.5 Å². The van der Waals surface area contributed by atoms with Gasteiger partial charge in [0.05, 0.1) is 11.4 Å². The van der Waals surface area contributed by atoms with Crippen LogP contribution >= 0.6 is 0 Å². The smallest absolute Gasteiger partial charge is 0.264 e. The minimum atomic E-state index is -3.82. The zero-order valence-corrected chi connectivity index (χ0v) is 19.2. The molecule has 1 aromatic carbocycles. The monoisotopic (exact) mass is 461 g/mol. The van der Waals surface area contributed by atoms with E-state index in [1.807, 2.05) is 30.3 Å². The van der Waals surface area contributed by atoms with Crippen LogP contribution in [0.4, 0.5) is 0 Å². The SMILES string of the molecule is CC(C)(O)c1ccc(-c2ccc(C3=NOC(CC(C)(C(=O)NO)S(C)(=O)=O)C3)cc2)cn1. The number of nitrogens with zero attached hydrogens (tertiary/aromatic N) is 2. The van der Waals surface area contributed by atoms with Gasteiger partial charge < -0.3 is 9.94 Å². The number of aromatic nitrogens is 1. The quantitative estimate of drug-likeness (QED) is 0.424. The van der Waals surface area contributed by atoms with Crippen LogP contribution in [-0.4, -0.2) is 52.4 Å². The Bertz CT molecular complexity index is 1120. The maximum Gasteiger partial charge on any atom is 0.264 e. The predicted molar refractivity (Wildman–Crippen MR) is 119 cm³/mol. The van der Waals surface area contributed by atoms with Crippen molar-refractivity contribution in [3.05, 3.63) is 53.9 Å². The molecule has 2 heterocycles. The lowest BCUT2D eigenvalue weighted by Gasteiger charge is -2.26. The molecule has 1 aliphatic rings. The lowest BCUT2D eigenvalue weighted by molar-refractivity contribution is -0.132. The highest BCUT2D eigenvalue weighted by molar-refractivity contribution is 7.92. The molecule has 0 saturated heterocycles. The van der Waals surface area contributed by atoms with Crippen molar-refractivity contribution in [2.45, 2.75) is 50.1 Å². The molecule has 0 saturated carbocycles. The summed E-state index contributed by atoms with van der Waals surface area (Å²) in [5.74, 6) is -1.01. The van der Waals surface area contributed by atoms with Crippen molar-refractivity contribution in [1.82, 2.24) is 10.5 Å². The largest absolute Gasteiger partial charge is 0.392 e. The Hall–Kier alpha value is -2.82. The fourth-order valence-corrected chi connectivity index (χ4v) is 4.33. The van der Waals surface area contributed by atoms with Crippen molar-refractivity contribution < 1.29 is 28.4 Å². The minimum Gasteiger partial charge on any atom is -0.392 e. The second-order valence-corrected chi connectivity index (χ2v) is 11.1. The van der Waals surface area contributed by atoms with Crippen molar-refractivity contribution in [2.75, 3.05) is 6.26 Å². The highest BCUT2D eigenvalue weighted by Crippen LogP contribution is 2.30. The van der Waals surface area contributed by atoms with Crippen LogP contribution < -0.4 is 5.48 Å². The first-order chi connectivity index (χ1) is 14.8. The van der Waals surface area contributed by atoms with E-state index < -0.39 is 32.2 Å². The average molecular weight is 462 g/mol. The van der Waals surface area contributed by atoms with Gasteiger partial charge in [-0.3, -0.25) is 15.0 Å². The standard InChI is InChI=1S/C22H27N3O6S/c1-21(2,27)19-10-9-16(13-23-19)14-5-7-15(8-6-14)18-11-17(31-25-18)12-22(3,20(26)24-28)32(4,29)30/h5-10,13,17,27-28H,11-12H2,1-4H3,(H,24,26). The second kappa shape index (κ2) is 8.61. The maximum atomic E-state index is 12.2. The van der Waals surface area contributed by atoms with Crippen LogP contribution in [0, 0.1) is 0 Å². The fraction of sp³-hybridized carbons (Fsp3) is 0.409. The third kappa shape index (κ3) is 4.82. The van der Waals surface area contributed by atoms with E-state index in [1.165, 1.54) is 12.4 Å². The van der Waals surface area contributed by atoms with E-state index in [4.69, 9.17) is 10.0 Å². The Morgan fingerprint density at radius 1 is 1.12 bits per heavy atom. The number of rotatable bonds is 7. The summed E-state index contributed by atoms with van der Waals surface area (Å²) in [6.07, 6.45) is 2.20. The predicted octanol–water partition coefficient (Wildman–Crippen LogP) is 2.17. The first-order valence-corrected chi connectivity index (χ1v) is 11.9. The molecular weight excluding hydrogens is 434 g/mol. The van der Waals surface area contributed by atoms with Crippen LogP contribution in [0.5, 0.6) is 0 Å². The van der Waals surface area contributed by atoms with Gasteiger partial charge in [-0.15, -0.1) is 0 Å². The number of benzene rings is 1. The summed E-state index contributed by atoms with van der Waals surface area (Å²) >= 11 is 0. The van der Waals surface area contributed by atoms with Gasteiger partial charge in [0, 0.05) is 30.9 Å². The fourth-order valence-electron chi connectivity index (χ4n) is 3.46. The molecule has 9 nitrogen and oxygen atoms in total. The maximum absolute atomic E-state index is 12.2. The highest BCUT2D eigenvalue weighted by Gasteiger charge is 2.47. The molecule has 3 N–H and O–H groups in total. The average Bonchev–Trinajstić information content (AvgIpc) is 3.20. The van der Waals surface area contributed by atoms with Crippen molar-refractivity contribution in [1.29, 1.82) is 0 Å². The molecule has 0 aliphatic carbocycles. The van der Waals surface area contributed by atoms with Gasteiger partial charge in [0.1, 0.15) is 11.7 Å². The van der Waals surface area contributed by atoms with Gasteiger partial charge in [0.2, 0.25) is 0 Å². The summed E-state index contributed by atoms with van der Waals surface area (Å²) in [6, 6.07) is 11.2. The molecule has 1 aliphatic heterocycles. The van der Waals surface area contributed by atoms with Crippen LogP contribution in [0.2, 0.25) is 0 Å². The summed E-state index contributed by atoms with van der Waals surface area (Å²) in [7, 11) is -3.82. The Kier molecular flexibility index (Phi) is 6.41. The van der Waals surface area contributed by atoms with E-state index >= 15 is 0 Å². The molecule has 2 unspecified atom stereocenters. The van der Waals surface area contributed by atoms with Crippen LogP contribution in [0.15, 0.2) is 47.8 Å². The van der Waals surface area contributed by atoms with Crippen molar-refractivity contribution in [2.24, 2.45) is 5.16 Å². The van der Waals surface area contributed by atoms with E-state index in [-0.39, 0.29) is 6.42 Å². The van der Waals surface area contributed by atoms with Crippen molar-refractivity contribution in [3.8, 4) is 11.1 Å². The van der Waals surface area contributed by atoms with Crippen LogP contribution in [0.1, 0.15) is 44.9 Å². The van der Waals surface area contributed by atoms with E-state index in [9.17, 15) is 18.3 Å². The first kappa shape index (κ1) is 23.8. The van der Waals surface area contributed by atoms with Gasteiger partial charge in [0.15, 0.2) is 14.6 Å². The number of carbonyl (C=O) groups is 1. The third-order valence-electron chi connectivity index (χ3n) is 5.69. The molecule has 0 bridgehead atoms. The van der Waals surface area contributed by atoms with Crippen LogP contribution in [0.3, 0.4) is 0 Å². The summed E-state index contributed by atoms with van der Waals surface area (Å²) in [5, 5.41) is 23.1. The number of carbonyl (C=O) groups excluding carboxylic acids is 1. The lowest BCUT2D eigenvalue weighted by atomic mass is 9.95. The number of oxime groups is 1. The van der Waals surface area contributed by atoms with E-state index in [0.29, 0.717) is 17.8 Å². The number of nitrogens with one attached hydrogen (secondary N) is 1. The highest BCUT2D eigenvalue weighted by atomic mass is 32.2. The molecule has 2 atom stereocenters. The number of aliphatic hydroxyl groups is 1. The van der Waals surface area contributed by atoms with Gasteiger partial charge in [-0.05, 0) is 38.0 Å². The first-order valence-electron chi connectivity index (χ1n) is 10.0. The molecule has 3 rings (SSSR count). The number of sulfone groups is 1.